The molecule has 0 N–H and O–H groups in total. The van der Waals surface area contributed by atoms with Gasteiger partial charge in [0.25, 0.3) is 0 Å². The second kappa shape index (κ2) is 4.25. The Balaban J connectivity index is 2.59. The second-order valence-corrected chi connectivity index (χ2v) is 3.35. The van der Waals surface area contributed by atoms with Gasteiger partial charge in [-0.1, -0.05) is 0 Å². The van der Waals surface area contributed by atoms with Crippen molar-refractivity contribution in [2.45, 2.75) is 25.8 Å². The van der Waals surface area contributed by atoms with Gasteiger partial charge in [0, 0.05) is 20.1 Å². The summed E-state index contributed by atoms with van der Waals surface area (Å²) in [5, 5.41) is 0. The van der Waals surface area contributed by atoms with E-state index in [4.69, 9.17) is 0 Å². The summed E-state index contributed by atoms with van der Waals surface area (Å²) in [7, 11) is 1.77. The van der Waals surface area contributed by atoms with Crippen molar-refractivity contribution in [1.29, 1.82) is 0 Å². The van der Waals surface area contributed by atoms with Crippen molar-refractivity contribution in [2.75, 3.05) is 20.1 Å². The van der Waals surface area contributed by atoms with Crippen molar-refractivity contribution in [3.05, 3.63) is 0 Å². The van der Waals surface area contributed by atoms with Crippen LogP contribution < -0.4 is 0 Å². The predicted molar refractivity (Wildman–Crippen MR) is 49.1 cm³/mol. The van der Waals surface area contributed by atoms with Crippen LogP contribution in [0.25, 0.3) is 0 Å². The lowest BCUT2D eigenvalue weighted by atomic mass is 10.2. The van der Waals surface area contributed by atoms with Crippen LogP contribution in [-0.4, -0.2) is 48.3 Å². The van der Waals surface area contributed by atoms with E-state index >= 15 is 0 Å². The Kier molecular flexibility index (Phi) is 3.28. The highest BCUT2D eigenvalue weighted by atomic mass is 16.2. The van der Waals surface area contributed by atoms with E-state index in [9.17, 15) is 9.59 Å². The van der Waals surface area contributed by atoms with Crippen LogP contribution in [0.5, 0.6) is 0 Å². The lowest BCUT2D eigenvalue weighted by molar-refractivity contribution is -0.138. The number of hydrogen-bond donors (Lipinski definition) is 0. The van der Waals surface area contributed by atoms with Gasteiger partial charge in [-0.25, -0.2) is 0 Å². The summed E-state index contributed by atoms with van der Waals surface area (Å²) in [5.41, 5.74) is 0. The van der Waals surface area contributed by atoms with Crippen molar-refractivity contribution < 1.29 is 9.59 Å². The lowest BCUT2D eigenvalue weighted by Gasteiger charge is -2.24. The number of amides is 2. The summed E-state index contributed by atoms with van der Waals surface area (Å²) < 4.78 is 0. The molecule has 1 saturated heterocycles. The summed E-state index contributed by atoms with van der Waals surface area (Å²) in [4.78, 5) is 25.5. The molecule has 4 nitrogen and oxygen atoms in total. The minimum atomic E-state index is -0.206. The molecule has 0 aromatic heterocycles. The molecule has 0 aromatic carbocycles. The normalized spacial score (nSPS) is 21.7. The van der Waals surface area contributed by atoms with E-state index in [2.05, 4.69) is 0 Å². The molecule has 1 rings (SSSR count). The molecule has 0 unspecified atom stereocenters. The largest absolute Gasteiger partial charge is 0.344 e. The van der Waals surface area contributed by atoms with Crippen LogP contribution >= 0.6 is 0 Å². The van der Waals surface area contributed by atoms with E-state index in [1.54, 1.807) is 16.8 Å². The Morgan fingerprint density at radius 1 is 1.69 bits per heavy atom. The Labute approximate surface area is 78.5 Å². The van der Waals surface area contributed by atoms with Gasteiger partial charge in [0.05, 0.1) is 0 Å². The molecule has 13 heavy (non-hydrogen) atoms. The van der Waals surface area contributed by atoms with Crippen LogP contribution in [0.3, 0.4) is 0 Å². The molecule has 1 aliphatic heterocycles. The first kappa shape index (κ1) is 10.0. The van der Waals surface area contributed by atoms with Gasteiger partial charge in [0.1, 0.15) is 6.04 Å². The third-order valence-corrected chi connectivity index (χ3v) is 2.57. The first-order valence-electron chi connectivity index (χ1n) is 4.66. The Morgan fingerprint density at radius 2 is 2.38 bits per heavy atom. The number of hydrogen-bond acceptors (Lipinski definition) is 2. The standard InChI is InChI=1S/C9H16N2O2/c1-3-10(2)9(13)8-5-4-6-11(8)7-12/h7-8H,3-6H2,1-2H3/t8-/m0/s1. The summed E-state index contributed by atoms with van der Waals surface area (Å²) in [6.07, 6.45) is 2.52. The fourth-order valence-electron chi connectivity index (χ4n) is 1.59. The molecule has 0 aliphatic carbocycles. The molecule has 0 radical (unpaired) electrons. The van der Waals surface area contributed by atoms with E-state index in [1.807, 2.05) is 6.92 Å². The van der Waals surface area contributed by atoms with Crippen LogP contribution in [0, 0.1) is 0 Å². The van der Waals surface area contributed by atoms with E-state index in [0.717, 1.165) is 25.8 Å². The maximum Gasteiger partial charge on any atom is 0.245 e. The maximum absolute atomic E-state index is 11.7. The van der Waals surface area contributed by atoms with Crippen molar-refractivity contribution in [3.8, 4) is 0 Å². The highest BCUT2D eigenvalue weighted by molar-refractivity contribution is 5.83. The number of rotatable bonds is 3. The monoisotopic (exact) mass is 184 g/mol. The van der Waals surface area contributed by atoms with Gasteiger partial charge in [-0.2, -0.15) is 0 Å². The molecule has 0 aromatic rings. The van der Waals surface area contributed by atoms with Gasteiger partial charge in [-0.05, 0) is 19.8 Å². The maximum atomic E-state index is 11.7. The molecule has 74 valence electrons. The summed E-state index contributed by atoms with van der Waals surface area (Å²) in [6.45, 7) is 3.34. The van der Waals surface area contributed by atoms with Gasteiger partial charge in [-0.3, -0.25) is 9.59 Å². The molecule has 0 bridgehead atoms. The predicted octanol–water partition coefficient (Wildman–Crippen LogP) is 0.0855. The first-order valence-corrected chi connectivity index (χ1v) is 4.66. The zero-order chi connectivity index (χ0) is 9.84. The SMILES string of the molecule is CCN(C)C(=O)[C@@H]1CCCN1C=O. The Hall–Kier alpha value is -1.06. The average Bonchev–Trinajstić information content (AvgIpc) is 2.62. The third kappa shape index (κ3) is 1.99. The fraction of sp³-hybridized carbons (Fsp3) is 0.778. The van der Waals surface area contributed by atoms with Crippen molar-refractivity contribution in [2.24, 2.45) is 0 Å². The lowest BCUT2D eigenvalue weighted by Crippen LogP contribution is -2.43. The number of likely N-dealkylation sites (tertiary alicyclic amines) is 1. The van der Waals surface area contributed by atoms with Crippen LogP contribution in [0.2, 0.25) is 0 Å². The molecule has 1 heterocycles. The van der Waals surface area contributed by atoms with E-state index in [0.29, 0.717) is 6.54 Å². The molecule has 2 amide bonds. The number of likely N-dealkylation sites (N-methyl/N-ethyl adjacent to an activating group) is 1. The summed E-state index contributed by atoms with van der Waals surface area (Å²) in [5.74, 6) is 0.0621. The molecule has 1 atom stereocenters. The van der Waals surface area contributed by atoms with Crippen molar-refractivity contribution in [3.63, 3.8) is 0 Å². The van der Waals surface area contributed by atoms with Crippen molar-refractivity contribution in [1.82, 2.24) is 9.80 Å². The van der Waals surface area contributed by atoms with Crippen LogP contribution in [0.15, 0.2) is 0 Å². The molecule has 4 heteroatoms. The van der Waals surface area contributed by atoms with Crippen LogP contribution in [-0.2, 0) is 9.59 Å². The van der Waals surface area contributed by atoms with E-state index < -0.39 is 0 Å². The average molecular weight is 184 g/mol. The highest BCUT2D eigenvalue weighted by Gasteiger charge is 2.30. The van der Waals surface area contributed by atoms with E-state index in [-0.39, 0.29) is 11.9 Å². The van der Waals surface area contributed by atoms with Crippen LogP contribution in [0.4, 0.5) is 0 Å². The minimum Gasteiger partial charge on any atom is -0.344 e. The number of carbonyl (C=O) groups excluding carboxylic acids is 2. The second-order valence-electron chi connectivity index (χ2n) is 3.35. The highest BCUT2D eigenvalue weighted by Crippen LogP contribution is 2.16. The van der Waals surface area contributed by atoms with E-state index in [1.165, 1.54) is 0 Å². The summed E-state index contributed by atoms with van der Waals surface area (Å²) >= 11 is 0. The number of nitrogens with zero attached hydrogens (tertiary/aromatic N) is 2. The molecule has 0 spiro atoms. The van der Waals surface area contributed by atoms with Gasteiger partial charge >= 0.3 is 0 Å². The fourth-order valence-corrected chi connectivity index (χ4v) is 1.59. The van der Waals surface area contributed by atoms with Crippen molar-refractivity contribution >= 4 is 12.3 Å². The third-order valence-electron chi connectivity index (χ3n) is 2.57. The van der Waals surface area contributed by atoms with Gasteiger partial charge in [0.15, 0.2) is 0 Å². The molecule has 1 fully saturated rings. The zero-order valence-corrected chi connectivity index (χ0v) is 8.19. The topological polar surface area (TPSA) is 40.6 Å². The zero-order valence-electron chi connectivity index (χ0n) is 8.19. The summed E-state index contributed by atoms with van der Waals surface area (Å²) in [6, 6.07) is -0.206. The Bertz CT molecular complexity index is 206. The molecule has 1 aliphatic rings. The molecular weight excluding hydrogens is 168 g/mol. The first-order chi connectivity index (χ1) is 6.20. The molecular formula is C9H16N2O2. The van der Waals surface area contributed by atoms with Gasteiger partial charge in [0.2, 0.25) is 12.3 Å². The van der Waals surface area contributed by atoms with Crippen LogP contribution in [0.1, 0.15) is 19.8 Å². The number of carbonyl (C=O) groups is 2. The Morgan fingerprint density at radius 3 is 2.92 bits per heavy atom. The minimum absolute atomic E-state index is 0.0621. The quantitative estimate of drug-likeness (QED) is 0.583. The van der Waals surface area contributed by atoms with Gasteiger partial charge in [-0.15, -0.1) is 0 Å². The van der Waals surface area contributed by atoms with Gasteiger partial charge < -0.3 is 9.80 Å². The molecule has 0 saturated carbocycles. The smallest absolute Gasteiger partial charge is 0.245 e.